The minimum absolute atomic E-state index is 0.156. The van der Waals surface area contributed by atoms with Crippen molar-refractivity contribution >= 4 is 5.97 Å². The molecule has 4 heteroatoms. The lowest BCUT2D eigenvalue weighted by Gasteiger charge is -2.21. The normalized spacial score (nSPS) is 32.1. The smallest absolute Gasteiger partial charge is 0.356 e. The molecular weight excluding hydrogens is 204 g/mol. The van der Waals surface area contributed by atoms with Gasteiger partial charge in [-0.2, -0.15) is 5.10 Å². The average molecular weight is 220 g/mol. The van der Waals surface area contributed by atoms with Gasteiger partial charge in [0.05, 0.1) is 0 Å². The van der Waals surface area contributed by atoms with Crippen LogP contribution in [0.5, 0.6) is 0 Å². The first-order valence-corrected chi connectivity index (χ1v) is 5.99. The molecule has 16 heavy (non-hydrogen) atoms. The summed E-state index contributed by atoms with van der Waals surface area (Å²) in [4.78, 5) is 10.7. The summed E-state index contributed by atoms with van der Waals surface area (Å²) in [5, 5.41) is 12.9. The monoisotopic (exact) mass is 220 g/mol. The summed E-state index contributed by atoms with van der Waals surface area (Å²) in [7, 11) is 0. The molecular formula is C12H16N2O2. The van der Waals surface area contributed by atoms with Crippen LogP contribution in [0.4, 0.5) is 0 Å². The fourth-order valence-corrected chi connectivity index (χ4v) is 3.42. The highest BCUT2D eigenvalue weighted by atomic mass is 16.4. The SMILES string of the molecule is O=C(O)c1ccn(CC2CC3CCC2C3)n1. The molecule has 1 N–H and O–H groups in total. The molecule has 4 nitrogen and oxygen atoms in total. The van der Waals surface area contributed by atoms with Gasteiger partial charge >= 0.3 is 5.97 Å². The summed E-state index contributed by atoms with van der Waals surface area (Å²) < 4.78 is 1.80. The molecule has 2 aliphatic carbocycles. The molecule has 0 aliphatic heterocycles. The highest BCUT2D eigenvalue weighted by molar-refractivity contribution is 5.84. The van der Waals surface area contributed by atoms with Gasteiger partial charge in [0.25, 0.3) is 0 Å². The van der Waals surface area contributed by atoms with Crippen LogP contribution in [0.25, 0.3) is 0 Å². The van der Waals surface area contributed by atoms with Crippen molar-refractivity contribution in [3.8, 4) is 0 Å². The second kappa shape index (κ2) is 3.61. The van der Waals surface area contributed by atoms with Gasteiger partial charge in [0, 0.05) is 12.7 Å². The molecule has 2 aliphatic rings. The van der Waals surface area contributed by atoms with Gasteiger partial charge in [-0.15, -0.1) is 0 Å². The van der Waals surface area contributed by atoms with Crippen molar-refractivity contribution < 1.29 is 9.90 Å². The molecule has 1 aromatic heterocycles. The molecule has 2 fully saturated rings. The molecule has 0 saturated heterocycles. The Balaban J connectivity index is 1.68. The quantitative estimate of drug-likeness (QED) is 0.847. The van der Waals surface area contributed by atoms with E-state index in [0.717, 1.165) is 24.3 Å². The number of aromatic nitrogens is 2. The number of carbonyl (C=O) groups is 1. The Morgan fingerprint density at radius 3 is 2.94 bits per heavy atom. The maximum absolute atomic E-state index is 10.7. The first-order chi connectivity index (χ1) is 7.72. The van der Waals surface area contributed by atoms with Crippen LogP contribution in [0.3, 0.4) is 0 Å². The molecule has 86 valence electrons. The highest BCUT2D eigenvalue weighted by Crippen LogP contribution is 2.48. The highest BCUT2D eigenvalue weighted by Gasteiger charge is 2.39. The predicted octanol–water partition coefficient (Wildman–Crippen LogP) is 2.02. The molecule has 0 spiro atoms. The van der Waals surface area contributed by atoms with Crippen LogP contribution < -0.4 is 0 Å². The minimum Gasteiger partial charge on any atom is -0.476 e. The molecule has 1 aromatic rings. The number of aromatic carboxylic acids is 1. The van der Waals surface area contributed by atoms with E-state index in [4.69, 9.17) is 5.11 Å². The van der Waals surface area contributed by atoms with Crippen molar-refractivity contribution in [2.75, 3.05) is 0 Å². The van der Waals surface area contributed by atoms with Gasteiger partial charge in [0.15, 0.2) is 5.69 Å². The zero-order valence-corrected chi connectivity index (χ0v) is 9.17. The number of hydrogen-bond donors (Lipinski definition) is 1. The second-order valence-electron chi connectivity index (χ2n) is 5.16. The number of rotatable bonds is 3. The molecule has 0 radical (unpaired) electrons. The topological polar surface area (TPSA) is 55.1 Å². The van der Waals surface area contributed by atoms with Gasteiger partial charge in [0.1, 0.15) is 0 Å². The molecule has 0 amide bonds. The lowest BCUT2D eigenvalue weighted by atomic mass is 9.89. The van der Waals surface area contributed by atoms with Crippen molar-refractivity contribution in [1.29, 1.82) is 0 Å². The van der Waals surface area contributed by atoms with Crippen molar-refractivity contribution in [3.05, 3.63) is 18.0 Å². The van der Waals surface area contributed by atoms with E-state index < -0.39 is 5.97 Å². The third-order valence-electron chi connectivity index (χ3n) is 4.17. The van der Waals surface area contributed by atoms with Gasteiger partial charge in [-0.1, -0.05) is 6.42 Å². The van der Waals surface area contributed by atoms with E-state index in [1.165, 1.54) is 25.7 Å². The van der Waals surface area contributed by atoms with Crippen molar-refractivity contribution in [1.82, 2.24) is 9.78 Å². The molecule has 1 heterocycles. The van der Waals surface area contributed by atoms with E-state index in [1.807, 2.05) is 0 Å². The van der Waals surface area contributed by atoms with Crippen LogP contribution in [0.1, 0.15) is 36.2 Å². The summed E-state index contributed by atoms with van der Waals surface area (Å²) in [6, 6.07) is 1.58. The summed E-state index contributed by atoms with van der Waals surface area (Å²) in [6.45, 7) is 0.897. The van der Waals surface area contributed by atoms with E-state index in [2.05, 4.69) is 5.10 Å². The van der Waals surface area contributed by atoms with Crippen LogP contribution in [-0.2, 0) is 6.54 Å². The standard InChI is InChI=1S/C12H16N2O2/c15-12(16)11-3-4-14(13-11)7-10-6-8-1-2-9(10)5-8/h3-4,8-10H,1-2,5-7H2,(H,15,16). The Bertz CT molecular complexity index is 413. The Kier molecular flexibility index (Phi) is 2.23. The van der Waals surface area contributed by atoms with Crippen molar-refractivity contribution in [2.45, 2.75) is 32.2 Å². The van der Waals surface area contributed by atoms with Crippen LogP contribution in [-0.4, -0.2) is 20.9 Å². The summed E-state index contributed by atoms with van der Waals surface area (Å²) in [5.74, 6) is 1.58. The number of fused-ring (bicyclic) bond motifs is 2. The summed E-state index contributed by atoms with van der Waals surface area (Å²) in [5.41, 5.74) is 0.156. The number of carboxylic acid groups (broad SMARTS) is 1. The molecule has 3 atom stereocenters. The zero-order chi connectivity index (χ0) is 11.1. The summed E-state index contributed by atoms with van der Waals surface area (Å²) in [6.07, 6.45) is 7.25. The third kappa shape index (κ3) is 1.62. The molecule has 0 aromatic carbocycles. The second-order valence-corrected chi connectivity index (χ2v) is 5.16. The van der Waals surface area contributed by atoms with Gasteiger partial charge in [-0.25, -0.2) is 4.79 Å². The van der Waals surface area contributed by atoms with E-state index in [1.54, 1.807) is 16.9 Å². The first-order valence-electron chi connectivity index (χ1n) is 5.99. The fraction of sp³-hybridized carbons (Fsp3) is 0.667. The van der Waals surface area contributed by atoms with Crippen LogP contribution >= 0.6 is 0 Å². The molecule has 3 rings (SSSR count). The minimum atomic E-state index is -0.938. The molecule has 3 unspecified atom stereocenters. The fourth-order valence-electron chi connectivity index (χ4n) is 3.42. The number of carboxylic acids is 1. The lowest BCUT2D eigenvalue weighted by Crippen LogP contribution is -2.18. The van der Waals surface area contributed by atoms with Gasteiger partial charge in [-0.3, -0.25) is 4.68 Å². The van der Waals surface area contributed by atoms with Crippen LogP contribution in [0, 0.1) is 17.8 Å². The summed E-state index contributed by atoms with van der Waals surface area (Å²) >= 11 is 0. The first kappa shape index (κ1) is 9.87. The number of nitrogens with zero attached hydrogens (tertiary/aromatic N) is 2. The predicted molar refractivity (Wildman–Crippen MR) is 58.1 cm³/mol. The Morgan fingerprint density at radius 2 is 2.38 bits per heavy atom. The van der Waals surface area contributed by atoms with Crippen LogP contribution in [0.15, 0.2) is 12.3 Å². The van der Waals surface area contributed by atoms with Crippen molar-refractivity contribution in [2.24, 2.45) is 17.8 Å². The Labute approximate surface area is 94.3 Å². The lowest BCUT2D eigenvalue weighted by molar-refractivity contribution is 0.0689. The average Bonchev–Trinajstić information content (AvgIpc) is 2.91. The molecule has 2 bridgehead atoms. The zero-order valence-electron chi connectivity index (χ0n) is 9.17. The van der Waals surface area contributed by atoms with E-state index in [9.17, 15) is 4.79 Å². The van der Waals surface area contributed by atoms with Gasteiger partial charge in [0.2, 0.25) is 0 Å². The largest absolute Gasteiger partial charge is 0.476 e. The van der Waals surface area contributed by atoms with Gasteiger partial charge < -0.3 is 5.11 Å². The van der Waals surface area contributed by atoms with Crippen LogP contribution in [0.2, 0.25) is 0 Å². The van der Waals surface area contributed by atoms with E-state index >= 15 is 0 Å². The van der Waals surface area contributed by atoms with Crippen molar-refractivity contribution in [3.63, 3.8) is 0 Å². The third-order valence-corrected chi connectivity index (χ3v) is 4.17. The van der Waals surface area contributed by atoms with E-state index in [-0.39, 0.29) is 5.69 Å². The molecule has 2 saturated carbocycles. The van der Waals surface area contributed by atoms with E-state index in [0.29, 0.717) is 0 Å². The Hall–Kier alpha value is -1.32. The number of hydrogen-bond acceptors (Lipinski definition) is 2. The maximum atomic E-state index is 10.7. The maximum Gasteiger partial charge on any atom is 0.356 e. The van der Waals surface area contributed by atoms with Gasteiger partial charge in [-0.05, 0) is 43.1 Å². The Morgan fingerprint density at radius 1 is 1.50 bits per heavy atom.